The van der Waals surface area contributed by atoms with Crippen LogP contribution in [0.25, 0.3) is 0 Å². The number of hydrogen-bond donors (Lipinski definition) is 1. The third-order valence-corrected chi connectivity index (χ3v) is 6.82. The van der Waals surface area contributed by atoms with Crippen LogP contribution in [0.15, 0.2) is 72.9 Å². The molecule has 192 valence electrons. The highest BCUT2D eigenvalue weighted by Crippen LogP contribution is 2.31. The van der Waals surface area contributed by atoms with Gasteiger partial charge in [0.1, 0.15) is 17.3 Å². The molecule has 0 spiro atoms. The first-order valence-corrected chi connectivity index (χ1v) is 12.6. The molecule has 0 saturated carbocycles. The summed E-state index contributed by atoms with van der Waals surface area (Å²) < 4.78 is 21.7. The van der Waals surface area contributed by atoms with Crippen LogP contribution in [0.4, 0.5) is 15.8 Å². The standard InChI is InChI=1S/C29H27Cl2FN2O3/c1-19-12-26(13-20(2)28(19)31)37-11-5-10-33-18-25(16-27(33)29(35)36)34(24-9-4-8-23(32)15-24)17-21-6-3-7-22(30)14-21/h3-4,6-9,12-16,18H,5,10-11,17H2,1-2H3,(H,35,36). The Morgan fingerprint density at radius 2 is 1.73 bits per heavy atom. The molecule has 0 aliphatic rings. The Balaban J connectivity index is 1.55. The average molecular weight is 541 g/mol. The Hall–Kier alpha value is -3.48. The Morgan fingerprint density at radius 1 is 1.00 bits per heavy atom. The van der Waals surface area contributed by atoms with E-state index in [9.17, 15) is 14.3 Å². The van der Waals surface area contributed by atoms with Crippen molar-refractivity contribution in [2.45, 2.75) is 33.4 Å². The Kier molecular flexibility index (Phi) is 8.41. The van der Waals surface area contributed by atoms with E-state index in [1.54, 1.807) is 35.0 Å². The maximum Gasteiger partial charge on any atom is 0.352 e. The van der Waals surface area contributed by atoms with Gasteiger partial charge >= 0.3 is 5.97 Å². The lowest BCUT2D eigenvalue weighted by atomic mass is 10.1. The fourth-order valence-corrected chi connectivity index (χ4v) is 4.54. The van der Waals surface area contributed by atoms with E-state index < -0.39 is 5.97 Å². The average Bonchev–Trinajstić information content (AvgIpc) is 3.28. The Labute approximate surface area is 225 Å². The van der Waals surface area contributed by atoms with Gasteiger partial charge in [-0.25, -0.2) is 9.18 Å². The van der Waals surface area contributed by atoms with Gasteiger partial charge in [-0.05, 0) is 85.5 Å². The van der Waals surface area contributed by atoms with E-state index >= 15 is 0 Å². The van der Waals surface area contributed by atoms with Crippen molar-refractivity contribution < 1.29 is 19.0 Å². The molecule has 37 heavy (non-hydrogen) atoms. The summed E-state index contributed by atoms with van der Waals surface area (Å²) in [5.74, 6) is -0.695. The Morgan fingerprint density at radius 3 is 2.41 bits per heavy atom. The van der Waals surface area contributed by atoms with E-state index in [1.165, 1.54) is 12.1 Å². The zero-order chi connectivity index (χ0) is 26.5. The lowest BCUT2D eigenvalue weighted by molar-refractivity contribution is 0.0684. The van der Waals surface area contributed by atoms with Gasteiger partial charge in [0.15, 0.2) is 0 Å². The number of hydrogen-bond acceptors (Lipinski definition) is 3. The van der Waals surface area contributed by atoms with Gasteiger partial charge < -0.3 is 19.3 Å². The minimum atomic E-state index is -1.04. The zero-order valence-corrected chi connectivity index (χ0v) is 22.1. The van der Waals surface area contributed by atoms with Crippen molar-refractivity contribution in [2.75, 3.05) is 11.5 Å². The molecule has 3 aromatic carbocycles. The van der Waals surface area contributed by atoms with Gasteiger partial charge in [-0.1, -0.05) is 41.4 Å². The maximum atomic E-state index is 14.1. The molecule has 1 N–H and O–H groups in total. The van der Waals surface area contributed by atoms with Gasteiger partial charge in [0, 0.05) is 35.0 Å². The maximum absolute atomic E-state index is 14.1. The van der Waals surface area contributed by atoms with Crippen LogP contribution in [0.1, 0.15) is 33.6 Å². The second-order valence-electron chi connectivity index (χ2n) is 8.85. The number of carboxylic acid groups (broad SMARTS) is 1. The number of nitrogens with zero attached hydrogens (tertiary/aromatic N) is 2. The number of aromatic nitrogens is 1. The number of ether oxygens (including phenoxy) is 1. The summed E-state index contributed by atoms with van der Waals surface area (Å²) in [5.41, 5.74) is 4.16. The van der Waals surface area contributed by atoms with Gasteiger partial charge in [-0.3, -0.25) is 0 Å². The second-order valence-corrected chi connectivity index (χ2v) is 9.67. The first kappa shape index (κ1) is 26.6. The van der Waals surface area contributed by atoms with E-state index in [2.05, 4.69) is 0 Å². The number of carboxylic acids is 1. The monoisotopic (exact) mass is 540 g/mol. The largest absolute Gasteiger partial charge is 0.494 e. The van der Waals surface area contributed by atoms with Gasteiger partial charge in [0.25, 0.3) is 0 Å². The first-order valence-electron chi connectivity index (χ1n) is 11.8. The minimum absolute atomic E-state index is 0.140. The summed E-state index contributed by atoms with van der Waals surface area (Å²) in [6, 6.07) is 19.0. The normalized spacial score (nSPS) is 10.9. The molecule has 5 nitrogen and oxygen atoms in total. The molecular weight excluding hydrogens is 514 g/mol. The van der Waals surface area contributed by atoms with Crippen molar-refractivity contribution in [1.29, 1.82) is 0 Å². The third kappa shape index (κ3) is 6.64. The van der Waals surface area contributed by atoms with Crippen LogP contribution >= 0.6 is 23.2 Å². The van der Waals surface area contributed by atoms with Crippen LogP contribution in [0.2, 0.25) is 10.0 Å². The van der Waals surface area contributed by atoms with Crippen molar-refractivity contribution >= 4 is 40.5 Å². The number of rotatable bonds is 10. The van der Waals surface area contributed by atoms with Gasteiger partial charge in [-0.2, -0.15) is 0 Å². The number of anilines is 2. The molecular formula is C29H27Cl2FN2O3. The van der Waals surface area contributed by atoms with Crippen LogP contribution in [0.3, 0.4) is 0 Å². The van der Waals surface area contributed by atoms with E-state index in [4.69, 9.17) is 27.9 Å². The highest BCUT2D eigenvalue weighted by molar-refractivity contribution is 6.32. The molecule has 0 radical (unpaired) electrons. The Bertz CT molecular complexity index is 1400. The molecule has 0 unspecified atom stereocenters. The first-order chi connectivity index (χ1) is 17.7. The molecule has 0 aliphatic heterocycles. The fraction of sp³-hybridized carbons (Fsp3) is 0.207. The molecule has 0 atom stereocenters. The van der Waals surface area contributed by atoms with Crippen LogP contribution in [-0.4, -0.2) is 22.2 Å². The molecule has 0 bridgehead atoms. The summed E-state index contributed by atoms with van der Waals surface area (Å²) in [6.45, 7) is 5.07. The molecule has 0 amide bonds. The second kappa shape index (κ2) is 11.7. The fourth-order valence-electron chi connectivity index (χ4n) is 4.21. The van der Waals surface area contributed by atoms with Crippen LogP contribution < -0.4 is 9.64 Å². The van der Waals surface area contributed by atoms with Gasteiger partial charge in [-0.15, -0.1) is 0 Å². The van der Waals surface area contributed by atoms with E-state index in [1.807, 2.05) is 49.1 Å². The van der Waals surface area contributed by atoms with Crippen LogP contribution in [0, 0.1) is 19.7 Å². The van der Waals surface area contributed by atoms with E-state index in [-0.39, 0.29) is 11.5 Å². The molecule has 4 rings (SSSR count). The molecule has 0 aliphatic carbocycles. The zero-order valence-electron chi connectivity index (χ0n) is 20.5. The summed E-state index contributed by atoms with van der Waals surface area (Å²) >= 11 is 12.4. The van der Waals surface area contributed by atoms with Crippen molar-refractivity contribution in [1.82, 2.24) is 4.57 Å². The molecule has 1 heterocycles. The molecule has 0 fully saturated rings. The third-order valence-electron chi connectivity index (χ3n) is 5.98. The van der Waals surface area contributed by atoms with Crippen molar-refractivity contribution in [2.24, 2.45) is 0 Å². The number of aryl methyl sites for hydroxylation is 3. The highest BCUT2D eigenvalue weighted by atomic mass is 35.5. The molecule has 8 heteroatoms. The van der Waals surface area contributed by atoms with Crippen molar-refractivity contribution in [3.8, 4) is 5.75 Å². The topological polar surface area (TPSA) is 54.7 Å². The van der Waals surface area contributed by atoms with Crippen LogP contribution in [0.5, 0.6) is 5.75 Å². The lowest BCUT2D eigenvalue weighted by Crippen LogP contribution is -2.16. The highest BCUT2D eigenvalue weighted by Gasteiger charge is 2.19. The number of halogens is 3. The minimum Gasteiger partial charge on any atom is -0.494 e. The molecule has 0 saturated heterocycles. The van der Waals surface area contributed by atoms with E-state index in [0.717, 1.165) is 27.5 Å². The van der Waals surface area contributed by atoms with Crippen molar-refractivity contribution in [3.63, 3.8) is 0 Å². The van der Waals surface area contributed by atoms with Crippen molar-refractivity contribution in [3.05, 3.63) is 111 Å². The number of benzene rings is 3. The molecule has 1 aromatic heterocycles. The summed E-state index contributed by atoms with van der Waals surface area (Å²) in [4.78, 5) is 13.9. The van der Waals surface area contributed by atoms with E-state index in [0.29, 0.717) is 42.5 Å². The lowest BCUT2D eigenvalue weighted by Gasteiger charge is -2.24. The smallest absolute Gasteiger partial charge is 0.352 e. The predicted octanol–water partition coefficient (Wildman–Crippen LogP) is 8.06. The van der Waals surface area contributed by atoms with Gasteiger partial charge in [0.2, 0.25) is 0 Å². The molecule has 4 aromatic rings. The number of aromatic carboxylic acids is 1. The predicted molar refractivity (Wildman–Crippen MR) is 146 cm³/mol. The summed E-state index contributed by atoms with van der Waals surface area (Å²) in [5, 5.41) is 11.2. The summed E-state index contributed by atoms with van der Waals surface area (Å²) in [7, 11) is 0. The summed E-state index contributed by atoms with van der Waals surface area (Å²) in [6.07, 6.45) is 2.36. The SMILES string of the molecule is Cc1cc(OCCCn2cc(N(Cc3cccc(Cl)c3)c3cccc(F)c3)cc2C(=O)O)cc(C)c1Cl. The number of carbonyl (C=O) groups is 1. The quantitative estimate of drug-likeness (QED) is 0.206. The van der Waals surface area contributed by atoms with Crippen LogP contribution in [-0.2, 0) is 13.1 Å². The van der Waals surface area contributed by atoms with Gasteiger partial charge in [0.05, 0.1) is 12.3 Å².